The van der Waals surface area contributed by atoms with E-state index in [0.717, 1.165) is 23.4 Å². The van der Waals surface area contributed by atoms with E-state index in [0.29, 0.717) is 17.5 Å². The topological polar surface area (TPSA) is 69.0 Å². The smallest absolute Gasteiger partial charge is 0.416 e. The second kappa shape index (κ2) is 9.86. The Morgan fingerprint density at radius 2 is 1.94 bits per heavy atom. The summed E-state index contributed by atoms with van der Waals surface area (Å²) in [6.07, 6.45) is -4.44. The Morgan fingerprint density at radius 1 is 1.16 bits per heavy atom. The van der Waals surface area contributed by atoms with E-state index < -0.39 is 11.7 Å². The minimum absolute atomic E-state index is 0.0435. The summed E-state index contributed by atoms with van der Waals surface area (Å²) in [5.41, 5.74) is 0.935. The third-order valence-electron chi connectivity index (χ3n) is 4.39. The molecule has 31 heavy (non-hydrogen) atoms. The van der Waals surface area contributed by atoms with Crippen LogP contribution in [0, 0.1) is 6.92 Å². The van der Waals surface area contributed by atoms with Crippen molar-refractivity contribution < 1.29 is 22.7 Å². The van der Waals surface area contributed by atoms with Gasteiger partial charge in [0, 0.05) is 12.2 Å². The van der Waals surface area contributed by atoms with Crippen molar-refractivity contribution in [3.63, 3.8) is 0 Å². The van der Waals surface area contributed by atoms with Crippen molar-refractivity contribution in [3.8, 4) is 5.75 Å². The first-order valence-corrected chi connectivity index (χ1v) is 10.5. The number of thioether (sulfide) groups is 1. The first-order valence-electron chi connectivity index (χ1n) is 9.48. The number of carbonyl (C=O) groups excluding carboxylic acids is 1. The largest absolute Gasteiger partial charge is 0.486 e. The van der Waals surface area contributed by atoms with Crippen LogP contribution >= 0.6 is 11.8 Å². The van der Waals surface area contributed by atoms with E-state index in [1.165, 1.54) is 23.9 Å². The molecule has 0 bridgehead atoms. The zero-order valence-corrected chi connectivity index (χ0v) is 17.8. The van der Waals surface area contributed by atoms with Gasteiger partial charge in [0.25, 0.3) is 0 Å². The van der Waals surface area contributed by atoms with Crippen molar-refractivity contribution in [1.29, 1.82) is 0 Å². The molecule has 0 atom stereocenters. The number of carbonyl (C=O) groups is 1. The summed E-state index contributed by atoms with van der Waals surface area (Å²) in [6.45, 7) is 4.27. The molecule has 1 aromatic heterocycles. The number of nitrogens with zero attached hydrogens (tertiary/aromatic N) is 3. The maximum Gasteiger partial charge on any atom is 0.416 e. The van der Waals surface area contributed by atoms with Crippen LogP contribution in [0.3, 0.4) is 0 Å². The zero-order valence-electron chi connectivity index (χ0n) is 16.9. The number of benzene rings is 2. The van der Waals surface area contributed by atoms with E-state index in [4.69, 9.17) is 4.74 Å². The van der Waals surface area contributed by atoms with Gasteiger partial charge in [-0.1, -0.05) is 36.0 Å². The average Bonchev–Trinajstić information content (AvgIpc) is 3.14. The molecule has 10 heteroatoms. The number of hydrogen-bond donors (Lipinski definition) is 1. The van der Waals surface area contributed by atoms with Crippen LogP contribution in [-0.4, -0.2) is 26.4 Å². The molecule has 6 nitrogen and oxygen atoms in total. The maximum absolute atomic E-state index is 12.8. The predicted octanol–water partition coefficient (Wildman–Crippen LogP) is 4.94. The normalized spacial score (nSPS) is 11.4. The van der Waals surface area contributed by atoms with E-state index in [1.807, 2.05) is 38.1 Å². The average molecular weight is 450 g/mol. The van der Waals surface area contributed by atoms with Gasteiger partial charge in [-0.3, -0.25) is 4.79 Å². The van der Waals surface area contributed by atoms with Gasteiger partial charge >= 0.3 is 6.18 Å². The van der Waals surface area contributed by atoms with Gasteiger partial charge in [-0.2, -0.15) is 13.2 Å². The Bertz CT molecular complexity index is 1050. The second-order valence-electron chi connectivity index (χ2n) is 6.61. The Kier molecular flexibility index (Phi) is 7.21. The number of aryl methyl sites for hydroxylation is 1. The van der Waals surface area contributed by atoms with E-state index in [9.17, 15) is 18.0 Å². The van der Waals surface area contributed by atoms with Crippen LogP contribution in [0.4, 0.5) is 18.9 Å². The van der Waals surface area contributed by atoms with Gasteiger partial charge in [-0.05, 0) is 43.7 Å². The number of rotatable bonds is 8. The number of alkyl halides is 3. The molecule has 0 aliphatic rings. The number of ether oxygens (including phenoxy) is 1. The van der Waals surface area contributed by atoms with Crippen LogP contribution in [-0.2, 0) is 24.1 Å². The van der Waals surface area contributed by atoms with E-state index in [2.05, 4.69) is 15.5 Å². The predicted molar refractivity (Wildman–Crippen MR) is 112 cm³/mol. The molecule has 0 aliphatic heterocycles. The molecular formula is C21H21F3N4O2S. The summed E-state index contributed by atoms with van der Waals surface area (Å²) < 4.78 is 45.8. The first-order chi connectivity index (χ1) is 14.8. The van der Waals surface area contributed by atoms with Gasteiger partial charge in [0.05, 0.1) is 11.3 Å². The summed E-state index contributed by atoms with van der Waals surface area (Å²) in [4.78, 5) is 12.3. The van der Waals surface area contributed by atoms with Crippen molar-refractivity contribution in [2.24, 2.45) is 0 Å². The van der Waals surface area contributed by atoms with Gasteiger partial charge in [0.2, 0.25) is 5.91 Å². The molecule has 0 spiro atoms. The molecule has 1 N–H and O–H groups in total. The fourth-order valence-electron chi connectivity index (χ4n) is 2.79. The first kappa shape index (κ1) is 22.7. The lowest BCUT2D eigenvalue weighted by atomic mass is 10.2. The molecule has 0 saturated carbocycles. The minimum Gasteiger partial charge on any atom is -0.486 e. The number of aromatic nitrogens is 3. The molecule has 3 aromatic rings. The molecule has 2 aromatic carbocycles. The van der Waals surface area contributed by atoms with Gasteiger partial charge in [0.1, 0.15) is 12.4 Å². The number of hydrogen-bond acceptors (Lipinski definition) is 5. The lowest BCUT2D eigenvalue weighted by Gasteiger charge is -2.11. The second-order valence-corrected chi connectivity index (χ2v) is 7.55. The van der Waals surface area contributed by atoms with Crippen LogP contribution in [0.5, 0.6) is 5.75 Å². The number of amides is 1. The standard InChI is InChI=1S/C21H21F3N4O2S/c1-3-28-18(12-30-16-9-6-8-15(11-16)21(22,23)24)26-27-20(28)31-13-19(29)25-17-10-5-4-7-14(17)2/h4-11H,3,12-13H2,1-2H3,(H,25,29). The molecular weight excluding hydrogens is 429 g/mol. The Morgan fingerprint density at radius 3 is 2.65 bits per heavy atom. The van der Waals surface area contributed by atoms with E-state index >= 15 is 0 Å². The SMILES string of the molecule is CCn1c(COc2cccc(C(F)(F)F)c2)nnc1SCC(=O)Nc1ccccc1C. The molecule has 0 radical (unpaired) electrons. The number of para-hydroxylation sites is 1. The number of anilines is 1. The fourth-order valence-corrected chi connectivity index (χ4v) is 3.61. The Balaban J connectivity index is 1.60. The number of nitrogens with one attached hydrogen (secondary N) is 1. The molecule has 0 aliphatic carbocycles. The molecule has 0 fully saturated rings. The quantitative estimate of drug-likeness (QED) is 0.493. The minimum atomic E-state index is -4.44. The zero-order chi connectivity index (χ0) is 22.4. The van der Waals surface area contributed by atoms with Gasteiger partial charge in [-0.25, -0.2) is 0 Å². The highest BCUT2D eigenvalue weighted by atomic mass is 32.2. The van der Waals surface area contributed by atoms with Crippen molar-refractivity contribution in [2.75, 3.05) is 11.1 Å². The van der Waals surface area contributed by atoms with Crippen molar-refractivity contribution in [2.45, 2.75) is 38.3 Å². The summed E-state index contributed by atoms with van der Waals surface area (Å²) in [5, 5.41) is 11.5. The van der Waals surface area contributed by atoms with Crippen LogP contribution in [0.15, 0.2) is 53.7 Å². The summed E-state index contributed by atoms with van der Waals surface area (Å²) in [5.74, 6) is 0.516. The highest BCUT2D eigenvalue weighted by Crippen LogP contribution is 2.31. The van der Waals surface area contributed by atoms with Gasteiger partial charge < -0.3 is 14.6 Å². The monoisotopic (exact) mass is 450 g/mol. The van der Waals surface area contributed by atoms with Crippen LogP contribution in [0.1, 0.15) is 23.9 Å². The molecule has 0 saturated heterocycles. The van der Waals surface area contributed by atoms with Gasteiger partial charge in [-0.15, -0.1) is 10.2 Å². The maximum atomic E-state index is 12.8. The molecule has 1 amide bonds. The van der Waals surface area contributed by atoms with Crippen LogP contribution in [0.2, 0.25) is 0 Å². The highest BCUT2D eigenvalue weighted by molar-refractivity contribution is 7.99. The van der Waals surface area contributed by atoms with Crippen LogP contribution in [0.25, 0.3) is 0 Å². The Labute approximate surface area is 181 Å². The lowest BCUT2D eigenvalue weighted by molar-refractivity contribution is -0.137. The summed E-state index contributed by atoms with van der Waals surface area (Å²) >= 11 is 1.23. The third kappa shape index (κ3) is 6.00. The molecule has 1 heterocycles. The third-order valence-corrected chi connectivity index (χ3v) is 5.36. The summed E-state index contributed by atoms with van der Waals surface area (Å²) in [6, 6.07) is 12.1. The molecule has 0 unspecified atom stereocenters. The highest BCUT2D eigenvalue weighted by Gasteiger charge is 2.30. The number of halogens is 3. The van der Waals surface area contributed by atoms with Crippen molar-refractivity contribution in [1.82, 2.24) is 14.8 Å². The van der Waals surface area contributed by atoms with Crippen LogP contribution < -0.4 is 10.1 Å². The molecule has 164 valence electrons. The Hall–Kier alpha value is -3.01. The fraction of sp³-hybridized carbons (Fsp3) is 0.286. The van der Waals surface area contributed by atoms with Gasteiger partial charge in [0.15, 0.2) is 11.0 Å². The van der Waals surface area contributed by atoms with E-state index in [1.54, 1.807) is 4.57 Å². The summed E-state index contributed by atoms with van der Waals surface area (Å²) in [7, 11) is 0. The van der Waals surface area contributed by atoms with Crippen molar-refractivity contribution >= 4 is 23.4 Å². The lowest BCUT2D eigenvalue weighted by Crippen LogP contribution is -2.15. The van der Waals surface area contributed by atoms with Crippen molar-refractivity contribution in [3.05, 3.63) is 65.5 Å². The molecule has 3 rings (SSSR count). The van der Waals surface area contributed by atoms with E-state index in [-0.39, 0.29) is 24.0 Å².